The van der Waals surface area contributed by atoms with Crippen molar-refractivity contribution in [2.24, 2.45) is 0 Å². The number of ether oxygens (including phenoxy) is 1. The van der Waals surface area contributed by atoms with E-state index in [0.717, 1.165) is 39.9 Å². The number of hydrogen-bond donors (Lipinski definition) is 2. The van der Waals surface area contributed by atoms with E-state index in [9.17, 15) is 4.79 Å². The van der Waals surface area contributed by atoms with Gasteiger partial charge in [0, 0.05) is 17.3 Å². The largest absolute Gasteiger partial charge is 0.491 e. The van der Waals surface area contributed by atoms with Gasteiger partial charge < -0.3 is 15.0 Å². The molecule has 0 spiro atoms. The summed E-state index contributed by atoms with van der Waals surface area (Å²) in [5.74, 6) is 0.784. The molecule has 2 aromatic carbocycles. The maximum atomic E-state index is 12.8. The van der Waals surface area contributed by atoms with Crippen molar-refractivity contribution in [3.8, 4) is 16.9 Å². The van der Waals surface area contributed by atoms with Crippen LogP contribution >= 0.6 is 0 Å². The number of aromatic nitrogens is 3. The second-order valence-corrected chi connectivity index (χ2v) is 6.86. The van der Waals surface area contributed by atoms with Gasteiger partial charge in [-0.05, 0) is 35.7 Å². The minimum atomic E-state index is -0.114. The molecule has 0 aliphatic carbocycles. The zero-order valence-electron chi connectivity index (χ0n) is 15.1. The quantitative estimate of drug-likeness (QED) is 0.580. The fourth-order valence-corrected chi connectivity index (χ4v) is 3.59. The molecule has 0 saturated heterocycles. The van der Waals surface area contributed by atoms with Crippen LogP contribution in [0.3, 0.4) is 0 Å². The summed E-state index contributed by atoms with van der Waals surface area (Å²) in [6.45, 7) is 0.471. The molecular formula is C22H18N4O2. The molecule has 2 N–H and O–H groups in total. The number of benzene rings is 2. The Morgan fingerprint density at radius 3 is 3.04 bits per heavy atom. The number of aromatic amines is 1. The van der Waals surface area contributed by atoms with E-state index in [-0.39, 0.29) is 11.9 Å². The topological polar surface area (TPSA) is 79.9 Å². The number of carbonyl (C=O) groups is 1. The van der Waals surface area contributed by atoms with Crippen LogP contribution in [0.1, 0.15) is 15.9 Å². The van der Waals surface area contributed by atoms with E-state index >= 15 is 0 Å². The molecule has 1 aliphatic heterocycles. The van der Waals surface area contributed by atoms with Gasteiger partial charge in [0.05, 0.1) is 29.6 Å². The van der Waals surface area contributed by atoms with Crippen molar-refractivity contribution in [2.45, 2.75) is 12.5 Å². The SMILES string of the molecule is O=C(NC1COc2ccccc2C1)c1cccc(-c2cncc3[nH]cnc23)c1. The van der Waals surface area contributed by atoms with E-state index in [1.807, 2.05) is 48.5 Å². The van der Waals surface area contributed by atoms with E-state index in [2.05, 4.69) is 20.3 Å². The maximum absolute atomic E-state index is 12.8. The average Bonchev–Trinajstić information content (AvgIpc) is 3.23. The summed E-state index contributed by atoms with van der Waals surface area (Å²) in [6, 6.07) is 15.4. The lowest BCUT2D eigenvalue weighted by Gasteiger charge is -2.26. The highest BCUT2D eigenvalue weighted by molar-refractivity contribution is 5.97. The Labute approximate surface area is 161 Å². The molecule has 6 nitrogen and oxygen atoms in total. The smallest absolute Gasteiger partial charge is 0.251 e. The molecule has 0 bridgehead atoms. The Bertz CT molecular complexity index is 1170. The monoisotopic (exact) mass is 370 g/mol. The fraction of sp³-hybridized carbons (Fsp3) is 0.136. The van der Waals surface area contributed by atoms with Crippen LogP contribution in [0.5, 0.6) is 5.75 Å². The van der Waals surface area contributed by atoms with Gasteiger partial charge in [-0.25, -0.2) is 4.98 Å². The molecule has 28 heavy (non-hydrogen) atoms. The van der Waals surface area contributed by atoms with Crippen LogP contribution in [0.15, 0.2) is 67.3 Å². The summed E-state index contributed by atoms with van der Waals surface area (Å²) in [5, 5.41) is 3.09. The molecule has 0 fully saturated rings. The Morgan fingerprint density at radius 2 is 2.07 bits per heavy atom. The summed E-state index contributed by atoms with van der Waals surface area (Å²) >= 11 is 0. The van der Waals surface area contributed by atoms with Crippen molar-refractivity contribution < 1.29 is 9.53 Å². The maximum Gasteiger partial charge on any atom is 0.251 e. The van der Waals surface area contributed by atoms with Gasteiger partial charge in [0.2, 0.25) is 0 Å². The molecule has 5 rings (SSSR count). The number of nitrogens with zero attached hydrogens (tertiary/aromatic N) is 2. The van der Waals surface area contributed by atoms with E-state index in [1.54, 1.807) is 18.7 Å². The van der Waals surface area contributed by atoms with Gasteiger partial charge in [-0.1, -0.05) is 30.3 Å². The highest BCUT2D eigenvalue weighted by atomic mass is 16.5. The number of imidazole rings is 1. The summed E-state index contributed by atoms with van der Waals surface area (Å²) in [5.41, 5.74) is 5.22. The van der Waals surface area contributed by atoms with Crippen LogP contribution in [0, 0.1) is 0 Å². The van der Waals surface area contributed by atoms with Gasteiger partial charge in [-0.2, -0.15) is 0 Å². The van der Waals surface area contributed by atoms with Gasteiger partial charge in [0.15, 0.2) is 0 Å². The number of H-pyrrole nitrogens is 1. The van der Waals surface area contributed by atoms with E-state index in [4.69, 9.17) is 4.74 Å². The van der Waals surface area contributed by atoms with Crippen molar-refractivity contribution in [2.75, 3.05) is 6.61 Å². The first-order valence-electron chi connectivity index (χ1n) is 9.17. The Morgan fingerprint density at radius 1 is 1.14 bits per heavy atom. The average molecular weight is 370 g/mol. The molecule has 138 valence electrons. The van der Waals surface area contributed by atoms with E-state index < -0.39 is 0 Å². The number of carbonyl (C=O) groups excluding carboxylic acids is 1. The highest BCUT2D eigenvalue weighted by Crippen LogP contribution is 2.27. The number of rotatable bonds is 3. The Balaban J connectivity index is 1.38. The van der Waals surface area contributed by atoms with Gasteiger partial charge >= 0.3 is 0 Å². The third kappa shape index (κ3) is 2.99. The van der Waals surface area contributed by atoms with Crippen molar-refractivity contribution in [1.82, 2.24) is 20.3 Å². The molecule has 0 saturated carbocycles. The van der Waals surface area contributed by atoms with E-state index in [0.29, 0.717) is 12.2 Å². The second kappa shape index (κ2) is 6.81. The number of fused-ring (bicyclic) bond motifs is 2. The Hall–Kier alpha value is -3.67. The Kier molecular flexibility index (Phi) is 4.01. The normalized spacial score (nSPS) is 15.6. The lowest BCUT2D eigenvalue weighted by atomic mass is 10.0. The first-order valence-corrected chi connectivity index (χ1v) is 9.17. The first-order chi connectivity index (χ1) is 13.8. The third-order valence-corrected chi connectivity index (χ3v) is 4.98. The highest BCUT2D eigenvalue weighted by Gasteiger charge is 2.21. The molecule has 2 aromatic heterocycles. The molecule has 3 heterocycles. The van der Waals surface area contributed by atoms with Crippen LogP contribution in [0.4, 0.5) is 0 Å². The van der Waals surface area contributed by atoms with Gasteiger partial charge in [-0.3, -0.25) is 9.78 Å². The first kappa shape index (κ1) is 16.5. The van der Waals surface area contributed by atoms with Crippen LogP contribution < -0.4 is 10.1 Å². The second-order valence-electron chi connectivity index (χ2n) is 6.86. The summed E-state index contributed by atoms with van der Waals surface area (Å²) in [6.07, 6.45) is 5.92. The standard InChI is InChI=1S/C22H18N4O2/c27-22(26-17-9-15-4-1-2-7-20(15)28-12-17)16-6-3-5-14(8-16)18-10-23-11-19-21(18)25-13-24-19/h1-8,10-11,13,17H,9,12H2,(H,24,25)(H,26,27). The van der Waals surface area contributed by atoms with Crippen molar-refractivity contribution >= 4 is 16.9 Å². The molecule has 0 radical (unpaired) electrons. The van der Waals surface area contributed by atoms with Gasteiger partial charge in [0.1, 0.15) is 12.4 Å². The van der Waals surface area contributed by atoms with Crippen LogP contribution in [0.2, 0.25) is 0 Å². The minimum absolute atomic E-state index is 0.0532. The lowest BCUT2D eigenvalue weighted by molar-refractivity contribution is 0.0915. The third-order valence-electron chi connectivity index (χ3n) is 4.98. The van der Waals surface area contributed by atoms with Gasteiger partial charge in [0.25, 0.3) is 5.91 Å². The van der Waals surface area contributed by atoms with Crippen molar-refractivity contribution in [1.29, 1.82) is 0 Å². The fourth-order valence-electron chi connectivity index (χ4n) is 3.59. The summed E-state index contributed by atoms with van der Waals surface area (Å²) in [7, 11) is 0. The lowest BCUT2D eigenvalue weighted by Crippen LogP contribution is -2.42. The molecular weight excluding hydrogens is 352 g/mol. The zero-order valence-corrected chi connectivity index (χ0v) is 15.1. The molecule has 1 atom stereocenters. The number of para-hydroxylation sites is 1. The molecule has 6 heteroatoms. The minimum Gasteiger partial charge on any atom is -0.491 e. The molecule has 1 amide bonds. The number of hydrogen-bond acceptors (Lipinski definition) is 4. The summed E-state index contributed by atoms with van der Waals surface area (Å²) in [4.78, 5) is 24.5. The van der Waals surface area contributed by atoms with Gasteiger partial charge in [-0.15, -0.1) is 0 Å². The van der Waals surface area contributed by atoms with Crippen molar-refractivity contribution in [3.05, 3.63) is 78.4 Å². The number of pyridine rings is 1. The predicted molar refractivity (Wildman–Crippen MR) is 106 cm³/mol. The van der Waals surface area contributed by atoms with Crippen LogP contribution in [0.25, 0.3) is 22.2 Å². The van der Waals surface area contributed by atoms with Crippen LogP contribution in [-0.4, -0.2) is 33.5 Å². The zero-order chi connectivity index (χ0) is 18.9. The van der Waals surface area contributed by atoms with Crippen LogP contribution in [-0.2, 0) is 6.42 Å². The molecule has 1 aliphatic rings. The molecule has 4 aromatic rings. The molecule has 1 unspecified atom stereocenters. The number of amides is 1. The summed E-state index contributed by atoms with van der Waals surface area (Å²) < 4.78 is 5.77. The number of nitrogens with one attached hydrogen (secondary N) is 2. The van der Waals surface area contributed by atoms with Crippen molar-refractivity contribution in [3.63, 3.8) is 0 Å². The predicted octanol–water partition coefficient (Wildman–Crippen LogP) is 3.36. The van der Waals surface area contributed by atoms with E-state index in [1.165, 1.54) is 0 Å².